The third kappa shape index (κ3) is 4.56. The molecule has 6 nitrogen and oxygen atoms in total. The number of nitrogens with one attached hydrogen (secondary N) is 1. The summed E-state index contributed by atoms with van der Waals surface area (Å²) in [6.45, 7) is -1.41. The number of sulfonamides is 1. The van der Waals surface area contributed by atoms with Gasteiger partial charge in [-0.25, -0.2) is 21.9 Å². The molecule has 0 radical (unpaired) electrons. The molecule has 1 saturated heterocycles. The van der Waals surface area contributed by atoms with E-state index in [1.807, 2.05) is 4.72 Å². The highest BCUT2D eigenvalue weighted by Crippen LogP contribution is 2.55. The lowest BCUT2D eigenvalue weighted by Crippen LogP contribution is -2.52. The van der Waals surface area contributed by atoms with Gasteiger partial charge in [0.05, 0.1) is 6.04 Å². The number of alkyl halides is 3. The fourth-order valence-corrected chi connectivity index (χ4v) is 5.60. The van der Waals surface area contributed by atoms with Gasteiger partial charge in [0.25, 0.3) is 15.9 Å². The standard InChI is InChI=1S/C23H24F4N2O4S/c24-12-18(30)21(31)29-13-23(9-10-23)20(28-34(32,33)22(26)27)17(29)11-15-7-4-8-16(19(15)25)14-5-2-1-3-6-14/h1-8,17-18,20,22,28,30H,9-13H2/t17-,18?,20+/m0/s1. The molecule has 34 heavy (non-hydrogen) atoms. The van der Waals surface area contributed by atoms with Crippen LogP contribution in [0, 0.1) is 11.2 Å². The van der Waals surface area contributed by atoms with Crippen LogP contribution in [-0.4, -0.2) is 61.5 Å². The van der Waals surface area contributed by atoms with E-state index in [1.165, 1.54) is 6.07 Å². The van der Waals surface area contributed by atoms with Crippen molar-refractivity contribution < 1.29 is 35.9 Å². The van der Waals surface area contributed by atoms with Crippen LogP contribution < -0.4 is 4.72 Å². The molecule has 4 rings (SSSR count). The van der Waals surface area contributed by atoms with Crippen LogP contribution >= 0.6 is 0 Å². The second-order valence-corrected chi connectivity index (χ2v) is 10.5. The van der Waals surface area contributed by atoms with Gasteiger partial charge >= 0.3 is 5.76 Å². The summed E-state index contributed by atoms with van der Waals surface area (Å²) in [5.41, 5.74) is 0.190. The Morgan fingerprint density at radius 3 is 2.41 bits per heavy atom. The van der Waals surface area contributed by atoms with Gasteiger partial charge in [-0.1, -0.05) is 48.5 Å². The molecule has 1 heterocycles. The number of carbonyl (C=O) groups excluding carboxylic acids is 1. The van der Waals surface area contributed by atoms with Crippen LogP contribution in [0.5, 0.6) is 0 Å². The molecule has 1 saturated carbocycles. The molecule has 184 valence electrons. The highest BCUT2D eigenvalue weighted by Gasteiger charge is 2.62. The lowest BCUT2D eigenvalue weighted by atomic mass is 9.91. The molecule has 3 atom stereocenters. The quantitative estimate of drug-likeness (QED) is 0.546. The van der Waals surface area contributed by atoms with Gasteiger partial charge in [-0.2, -0.15) is 8.78 Å². The Kier molecular flexibility index (Phi) is 6.71. The number of likely N-dealkylation sites (tertiary alicyclic amines) is 1. The first-order chi connectivity index (χ1) is 16.1. The zero-order chi connectivity index (χ0) is 24.7. The molecule has 1 aliphatic carbocycles. The maximum atomic E-state index is 15.5. The number of aliphatic hydroxyl groups excluding tert-OH is 1. The number of hydrogen-bond acceptors (Lipinski definition) is 4. The van der Waals surface area contributed by atoms with Crippen LogP contribution in [0.2, 0.25) is 0 Å². The highest BCUT2D eigenvalue weighted by atomic mass is 32.2. The van der Waals surface area contributed by atoms with Crippen molar-refractivity contribution in [1.82, 2.24) is 9.62 Å². The fourth-order valence-electron chi connectivity index (χ4n) is 4.73. The first-order valence-corrected chi connectivity index (χ1v) is 12.3. The third-order valence-corrected chi connectivity index (χ3v) is 7.71. The summed E-state index contributed by atoms with van der Waals surface area (Å²) in [6, 6.07) is 11.1. The fraction of sp³-hybridized carbons (Fsp3) is 0.435. The number of benzene rings is 2. The number of rotatable bonds is 8. The summed E-state index contributed by atoms with van der Waals surface area (Å²) in [7, 11) is -5.03. The van der Waals surface area contributed by atoms with Crippen molar-refractivity contribution in [3.8, 4) is 11.1 Å². The first-order valence-electron chi connectivity index (χ1n) is 10.8. The molecular formula is C23H24F4N2O4S. The van der Waals surface area contributed by atoms with Gasteiger partial charge in [-0.3, -0.25) is 4.79 Å². The van der Waals surface area contributed by atoms with E-state index in [0.717, 1.165) is 4.90 Å². The van der Waals surface area contributed by atoms with Crippen LogP contribution in [-0.2, 0) is 21.2 Å². The van der Waals surface area contributed by atoms with Crippen molar-refractivity contribution in [1.29, 1.82) is 0 Å². The van der Waals surface area contributed by atoms with E-state index in [0.29, 0.717) is 18.4 Å². The maximum absolute atomic E-state index is 15.5. The molecule has 1 spiro atoms. The number of halogens is 4. The molecule has 2 aromatic carbocycles. The van der Waals surface area contributed by atoms with E-state index in [-0.39, 0.29) is 24.1 Å². The highest BCUT2D eigenvalue weighted by molar-refractivity contribution is 7.89. The van der Waals surface area contributed by atoms with Crippen LogP contribution in [0.15, 0.2) is 48.5 Å². The largest absolute Gasteiger partial charge is 0.381 e. The van der Waals surface area contributed by atoms with Gasteiger partial charge in [-0.15, -0.1) is 0 Å². The van der Waals surface area contributed by atoms with Gasteiger partial charge in [0.2, 0.25) is 0 Å². The smallest absolute Gasteiger partial charge is 0.350 e. The molecule has 11 heteroatoms. The predicted octanol–water partition coefficient (Wildman–Crippen LogP) is 2.87. The topological polar surface area (TPSA) is 86.7 Å². The van der Waals surface area contributed by atoms with E-state index in [4.69, 9.17) is 0 Å². The summed E-state index contributed by atoms with van der Waals surface area (Å²) < 4.78 is 80.9. The molecular weight excluding hydrogens is 476 g/mol. The Labute approximate surface area is 194 Å². The van der Waals surface area contributed by atoms with Gasteiger partial charge in [0, 0.05) is 23.6 Å². The average Bonchev–Trinajstić information content (AvgIpc) is 3.55. The predicted molar refractivity (Wildman–Crippen MR) is 117 cm³/mol. The second kappa shape index (κ2) is 9.27. The van der Waals surface area contributed by atoms with Crippen molar-refractivity contribution >= 4 is 15.9 Å². The first kappa shape index (κ1) is 24.6. The molecule has 2 fully saturated rings. The number of hydrogen-bond donors (Lipinski definition) is 2. The SMILES string of the molecule is O=C(C(O)CF)N1CC2(CC2)[C@H](NS(=O)(=O)C(F)F)[C@@H]1Cc1cccc(-c2ccccc2)c1F. The summed E-state index contributed by atoms with van der Waals surface area (Å²) in [5, 5.41) is 9.82. The van der Waals surface area contributed by atoms with Crippen LogP contribution in [0.25, 0.3) is 11.1 Å². The van der Waals surface area contributed by atoms with Gasteiger partial charge in [0.15, 0.2) is 6.10 Å². The van der Waals surface area contributed by atoms with Crippen molar-refractivity contribution in [2.75, 3.05) is 13.2 Å². The molecule has 2 aliphatic rings. The van der Waals surface area contributed by atoms with Gasteiger partial charge < -0.3 is 10.0 Å². The molecule has 0 aromatic heterocycles. The number of nitrogens with zero attached hydrogens (tertiary/aromatic N) is 1. The van der Waals surface area contributed by atoms with E-state index in [9.17, 15) is 31.5 Å². The minimum absolute atomic E-state index is 0.0516. The summed E-state index contributed by atoms with van der Waals surface area (Å²) in [4.78, 5) is 13.8. The second-order valence-electron chi connectivity index (χ2n) is 8.82. The Hall–Kier alpha value is -2.50. The monoisotopic (exact) mass is 500 g/mol. The van der Waals surface area contributed by atoms with Crippen molar-refractivity contribution in [3.63, 3.8) is 0 Å². The van der Waals surface area contributed by atoms with Crippen molar-refractivity contribution in [3.05, 3.63) is 59.9 Å². The normalized spacial score (nSPS) is 22.4. The number of aliphatic hydroxyl groups is 1. The molecule has 2 N–H and O–H groups in total. The number of carbonyl (C=O) groups is 1. The van der Waals surface area contributed by atoms with E-state index in [2.05, 4.69) is 0 Å². The zero-order valence-electron chi connectivity index (χ0n) is 18.0. The Bertz CT molecular complexity index is 1160. The Balaban J connectivity index is 1.73. The van der Waals surface area contributed by atoms with Gasteiger partial charge in [-0.05, 0) is 30.4 Å². The van der Waals surface area contributed by atoms with E-state index in [1.54, 1.807) is 42.5 Å². The minimum atomic E-state index is -5.03. The van der Waals surface area contributed by atoms with Crippen LogP contribution in [0.3, 0.4) is 0 Å². The lowest BCUT2D eigenvalue weighted by Gasteiger charge is -2.30. The van der Waals surface area contributed by atoms with E-state index < -0.39 is 57.8 Å². The van der Waals surface area contributed by atoms with Gasteiger partial charge in [0.1, 0.15) is 12.5 Å². The summed E-state index contributed by atoms with van der Waals surface area (Å²) in [5.74, 6) is -5.28. The zero-order valence-corrected chi connectivity index (χ0v) is 18.8. The van der Waals surface area contributed by atoms with Crippen LogP contribution in [0.1, 0.15) is 18.4 Å². The van der Waals surface area contributed by atoms with E-state index >= 15 is 4.39 Å². The minimum Gasteiger partial charge on any atom is -0.381 e. The summed E-state index contributed by atoms with van der Waals surface area (Å²) in [6.07, 6.45) is -1.30. The average molecular weight is 501 g/mol. The maximum Gasteiger partial charge on any atom is 0.350 e. The lowest BCUT2D eigenvalue weighted by molar-refractivity contribution is -0.142. The van der Waals surface area contributed by atoms with Crippen molar-refractivity contribution in [2.45, 2.75) is 43.2 Å². The molecule has 2 aromatic rings. The molecule has 1 unspecified atom stereocenters. The molecule has 0 bridgehead atoms. The van der Waals surface area contributed by atoms with Crippen molar-refractivity contribution in [2.24, 2.45) is 5.41 Å². The molecule has 1 amide bonds. The van der Waals surface area contributed by atoms with Crippen LogP contribution in [0.4, 0.5) is 17.6 Å². The molecule has 1 aliphatic heterocycles. The summed E-state index contributed by atoms with van der Waals surface area (Å²) >= 11 is 0. The Morgan fingerprint density at radius 2 is 1.82 bits per heavy atom. The Morgan fingerprint density at radius 1 is 1.15 bits per heavy atom. The third-order valence-electron chi connectivity index (χ3n) is 6.65. The number of amides is 1.